The number of benzene rings is 5. The summed E-state index contributed by atoms with van der Waals surface area (Å²) in [6.45, 7) is 2.05. The van der Waals surface area contributed by atoms with Gasteiger partial charge in [0.1, 0.15) is 5.75 Å². The van der Waals surface area contributed by atoms with Crippen LogP contribution in [0.15, 0.2) is 127 Å². The lowest BCUT2D eigenvalue weighted by molar-refractivity contribution is -0.127. The monoisotopic (exact) mass is 706 g/mol. The van der Waals surface area contributed by atoms with Crippen molar-refractivity contribution in [3.8, 4) is 5.75 Å². The topological polar surface area (TPSA) is 95.0 Å². The van der Waals surface area contributed by atoms with E-state index in [1.807, 2.05) is 84.9 Å². The van der Waals surface area contributed by atoms with E-state index in [9.17, 15) is 14.7 Å². The predicted octanol–water partition coefficient (Wildman–Crippen LogP) is 8.13. The van der Waals surface area contributed by atoms with Gasteiger partial charge in [0.2, 0.25) is 23.6 Å². The van der Waals surface area contributed by atoms with Crippen molar-refractivity contribution in [1.29, 1.82) is 0 Å². The zero-order chi connectivity index (χ0) is 35.9. The Labute approximate surface area is 306 Å². The second kappa shape index (κ2) is 12.0. The lowest BCUT2D eigenvalue weighted by Gasteiger charge is -2.51. The number of carbonyl (C=O) groups is 4. The summed E-state index contributed by atoms with van der Waals surface area (Å²) in [4.78, 5) is 62.0. The number of aryl methyl sites for hydroxylation is 1. The van der Waals surface area contributed by atoms with E-state index in [1.165, 1.54) is 9.80 Å². The van der Waals surface area contributed by atoms with Crippen LogP contribution in [-0.4, -0.2) is 28.7 Å². The summed E-state index contributed by atoms with van der Waals surface area (Å²) in [5.74, 6) is -4.52. The van der Waals surface area contributed by atoms with Gasteiger partial charge in [-0.1, -0.05) is 109 Å². The molecule has 2 heterocycles. The van der Waals surface area contributed by atoms with Gasteiger partial charge in [0.15, 0.2) is 0 Å². The Morgan fingerprint density at radius 2 is 1.46 bits per heavy atom. The number of fused-ring (bicyclic) bond motifs is 5. The van der Waals surface area contributed by atoms with Gasteiger partial charge in [-0.05, 0) is 83.7 Å². The maximum atomic E-state index is 15.5. The van der Waals surface area contributed by atoms with Crippen molar-refractivity contribution in [2.24, 2.45) is 23.7 Å². The first kappa shape index (κ1) is 32.4. The summed E-state index contributed by atoms with van der Waals surface area (Å²) in [6, 6.07) is 34.8. The normalized spacial score (nSPS) is 26.7. The number of anilines is 2. The van der Waals surface area contributed by atoms with E-state index in [4.69, 9.17) is 11.6 Å². The van der Waals surface area contributed by atoms with Crippen LogP contribution in [0.1, 0.15) is 42.4 Å². The van der Waals surface area contributed by atoms with Gasteiger partial charge < -0.3 is 5.11 Å². The molecule has 0 aromatic heterocycles. The minimum absolute atomic E-state index is 0.102. The minimum Gasteiger partial charge on any atom is -0.507 e. The third kappa shape index (κ3) is 4.45. The van der Waals surface area contributed by atoms with Crippen molar-refractivity contribution in [3.63, 3.8) is 0 Å². The summed E-state index contributed by atoms with van der Waals surface area (Å²) in [6.07, 6.45) is 3.43. The van der Waals surface area contributed by atoms with Gasteiger partial charge in [-0.25, -0.2) is 4.90 Å². The molecule has 4 amide bonds. The van der Waals surface area contributed by atoms with Crippen LogP contribution in [0.5, 0.6) is 5.75 Å². The number of imide groups is 2. The standard InChI is InChI=1S/C44H35ClN2O5/c1-2-25-15-17-28(18-16-25)46-40(49)34-20-19-33-35(38(34)42(46)51)24-36-41(50)47(29-12-8-11-27(45)23-29)43(52)44(36,26-9-4-3-5-10-26)39(33)32-21-22-37(48)31-14-7-6-13-30(31)32/h3-19,21-23,34-36,38-39,48H,2,20,24H2,1H3/t34-,35+,36-,38-,39-,44+/m0/s1. The molecule has 7 nitrogen and oxygen atoms in total. The van der Waals surface area contributed by atoms with Crippen LogP contribution in [0.3, 0.4) is 0 Å². The first-order chi connectivity index (χ1) is 25.2. The lowest BCUT2D eigenvalue weighted by atomic mass is 9.49. The molecule has 5 aromatic rings. The molecule has 3 fully saturated rings. The molecule has 9 rings (SSSR count). The van der Waals surface area contributed by atoms with E-state index in [-0.39, 0.29) is 35.8 Å². The van der Waals surface area contributed by atoms with Crippen LogP contribution >= 0.6 is 11.6 Å². The van der Waals surface area contributed by atoms with E-state index in [2.05, 4.69) is 13.0 Å². The molecule has 8 heteroatoms. The molecule has 6 atom stereocenters. The van der Waals surface area contributed by atoms with Crippen molar-refractivity contribution in [3.05, 3.63) is 149 Å². The van der Waals surface area contributed by atoms with Crippen molar-refractivity contribution in [1.82, 2.24) is 0 Å². The quantitative estimate of drug-likeness (QED) is 0.147. The Bertz CT molecular complexity index is 2350. The lowest BCUT2D eigenvalue weighted by Crippen LogP contribution is -2.53. The van der Waals surface area contributed by atoms with Gasteiger partial charge in [-0.15, -0.1) is 0 Å². The molecule has 5 aromatic carbocycles. The molecule has 258 valence electrons. The molecule has 1 N–H and O–H groups in total. The number of phenolic OH excluding ortho intramolecular Hbond substituents is 1. The van der Waals surface area contributed by atoms with Crippen LogP contribution in [0.2, 0.25) is 5.02 Å². The van der Waals surface area contributed by atoms with Crippen LogP contribution in [0.25, 0.3) is 10.8 Å². The Morgan fingerprint density at radius 1 is 0.731 bits per heavy atom. The average Bonchev–Trinajstić information content (AvgIpc) is 3.56. The van der Waals surface area contributed by atoms with E-state index in [1.54, 1.807) is 30.3 Å². The van der Waals surface area contributed by atoms with Gasteiger partial charge in [0.25, 0.3) is 0 Å². The molecule has 2 aliphatic carbocycles. The number of nitrogens with zero attached hydrogens (tertiary/aromatic N) is 2. The van der Waals surface area contributed by atoms with Crippen LogP contribution < -0.4 is 9.80 Å². The summed E-state index contributed by atoms with van der Waals surface area (Å²) in [5, 5.41) is 12.8. The molecule has 0 spiro atoms. The first-order valence-electron chi connectivity index (χ1n) is 17.8. The second-order valence-electron chi connectivity index (χ2n) is 14.3. The van der Waals surface area contributed by atoms with Crippen molar-refractivity contribution >= 4 is 57.4 Å². The van der Waals surface area contributed by atoms with Crippen molar-refractivity contribution in [2.75, 3.05) is 9.80 Å². The molecule has 52 heavy (non-hydrogen) atoms. The molecule has 2 saturated heterocycles. The van der Waals surface area contributed by atoms with Gasteiger partial charge in [-0.3, -0.25) is 24.1 Å². The molecule has 0 bridgehead atoms. The van der Waals surface area contributed by atoms with E-state index < -0.39 is 35.0 Å². The fourth-order valence-electron chi connectivity index (χ4n) is 9.78. The van der Waals surface area contributed by atoms with Crippen molar-refractivity contribution < 1.29 is 24.3 Å². The van der Waals surface area contributed by atoms with Gasteiger partial charge in [0, 0.05) is 16.3 Å². The Hall–Kier alpha value is -5.53. The fourth-order valence-corrected chi connectivity index (χ4v) is 9.97. The maximum Gasteiger partial charge on any atom is 0.246 e. The number of hydrogen-bond acceptors (Lipinski definition) is 5. The fraction of sp³-hybridized carbons (Fsp3) is 0.227. The zero-order valence-corrected chi connectivity index (χ0v) is 29.2. The number of allylic oxidation sites excluding steroid dienone is 2. The highest BCUT2D eigenvalue weighted by molar-refractivity contribution is 6.32. The highest BCUT2D eigenvalue weighted by atomic mass is 35.5. The highest BCUT2D eigenvalue weighted by Gasteiger charge is 2.70. The number of carbonyl (C=O) groups excluding carboxylic acids is 4. The Balaban J connectivity index is 1.29. The molecule has 0 radical (unpaired) electrons. The summed E-state index contributed by atoms with van der Waals surface area (Å²) >= 11 is 6.44. The Morgan fingerprint density at radius 3 is 2.19 bits per heavy atom. The third-order valence-corrected chi connectivity index (χ3v) is 12.3. The number of rotatable bonds is 5. The molecule has 1 saturated carbocycles. The van der Waals surface area contributed by atoms with Crippen LogP contribution in [0, 0.1) is 23.7 Å². The number of aromatic hydroxyl groups is 1. The third-order valence-electron chi connectivity index (χ3n) is 12.0. The molecule has 2 aliphatic heterocycles. The second-order valence-corrected chi connectivity index (χ2v) is 14.8. The van der Waals surface area contributed by atoms with Crippen molar-refractivity contribution in [2.45, 2.75) is 37.5 Å². The van der Waals surface area contributed by atoms with Crippen LogP contribution in [0.4, 0.5) is 11.4 Å². The largest absolute Gasteiger partial charge is 0.507 e. The van der Waals surface area contributed by atoms with E-state index >= 15 is 9.59 Å². The molecule has 0 unspecified atom stereocenters. The SMILES string of the molecule is CCc1ccc(N2C(=O)[C@H]3[C@H](CC=C4[C@H]3C[C@H]3C(=O)N(c5cccc(Cl)c5)C(=O)[C@@]3(c3ccccc3)[C@H]4c3ccc(O)c4ccccc34)C2=O)cc1. The number of hydrogen-bond donors (Lipinski definition) is 1. The minimum atomic E-state index is -1.41. The van der Waals surface area contributed by atoms with Crippen LogP contribution in [-0.2, 0) is 31.0 Å². The van der Waals surface area contributed by atoms with E-state index in [0.29, 0.717) is 33.8 Å². The van der Waals surface area contributed by atoms with Gasteiger partial charge in [0.05, 0.1) is 34.5 Å². The molecular weight excluding hydrogens is 672 g/mol. The first-order valence-corrected chi connectivity index (χ1v) is 18.2. The average molecular weight is 707 g/mol. The molecule has 4 aliphatic rings. The van der Waals surface area contributed by atoms with Gasteiger partial charge in [-0.2, -0.15) is 0 Å². The number of halogens is 1. The number of amides is 4. The smallest absolute Gasteiger partial charge is 0.246 e. The highest BCUT2D eigenvalue weighted by Crippen LogP contribution is 2.65. The Kier molecular flexibility index (Phi) is 7.49. The summed E-state index contributed by atoms with van der Waals surface area (Å²) in [5.41, 5.74) is 2.95. The van der Waals surface area contributed by atoms with Gasteiger partial charge >= 0.3 is 0 Å². The molecular formula is C44H35ClN2O5. The zero-order valence-electron chi connectivity index (χ0n) is 28.4. The predicted molar refractivity (Wildman–Crippen MR) is 200 cm³/mol. The summed E-state index contributed by atoms with van der Waals surface area (Å²) < 4.78 is 0. The summed E-state index contributed by atoms with van der Waals surface area (Å²) in [7, 11) is 0. The number of phenols is 1. The van der Waals surface area contributed by atoms with E-state index in [0.717, 1.165) is 28.5 Å². The maximum absolute atomic E-state index is 15.5.